The number of aromatic nitrogens is 4. The van der Waals surface area contributed by atoms with Crippen LogP contribution in [0.15, 0.2) is 48.0 Å². The Balaban J connectivity index is 1.25. The van der Waals surface area contributed by atoms with Crippen molar-refractivity contribution >= 4 is 28.3 Å². The molecule has 0 aliphatic heterocycles. The lowest BCUT2D eigenvalue weighted by atomic mass is 10.3. The minimum atomic E-state index is -3.16. The van der Waals surface area contributed by atoms with Crippen molar-refractivity contribution in [3.05, 3.63) is 76.0 Å². The van der Waals surface area contributed by atoms with Crippen molar-refractivity contribution < 1.29 is 18.0 Å². The monoisotopic (exact) mass is 460 g/mol. The third-order valence-corrected chi connectivity index (χ3v) is 5.53. The number of para-hydroxylation sites is 2. The molecular formula is C21H19F3N6OS. The fraction of sp³-hybridized carbons (Fsp3) is 0.238. The minimum Gasteiger partial charge on any atom is -0.344 e. The van der Waals surface area contributed by atoms with Gasteiger partial charge in [-0.2, -0.15) is 8.78 Å². The van der Waals surface area contributed by atoms with Gasteiger partial charge in [-0.15, -0.1) is 11.3 Å². The second kappa shape index (κ2) is 9.45. The zero-order chi connectivity index (χ0) is 22.6. The molecule has 0 unspecified atom stereocenters. The van der Waals surface area contributed by atoms with Crippen molar-refractivity contribution in [2.24, 2.45) is 0 Å². The molecule has 0 aliphatic rings. The molecular weight excluding hydrogens is 441 g/mol. The zero-order valence-electron chi connectivity index (χ0n) is 16.7. The average Bonchev–Trinajstić information content (AvgIpc) is 3.44. The van der Waals surface area contributed by atoms with E-state index in [0.717, 1.165) is 11.3 Å². The molecule has 7 nitrogen and oxygen atoms in total. The summed E-state index contributed by atoms with van der Waals surface area (Å²) in [6.45, 7) is -0.390. The normalized spacial score (nSPS) is 11.7. The van der Waals surface area contributed by atoms with E-state index in [4.69, 9.17) is 0 Å². The van der Waals surface area contributed by atoms with Crippen LogP contribution in [-0.4, -0.2) is 38.9 Å². The maximum atomic E-state index is 14.4. The maximum Gasteiger partial charge on any atom is 0.316 e. The van der Waals surface area contributed by atoms with Crippen molar-refractivity contribution in [1.82, 2.24) is 30.6 Å². The van der Waals surface area contributed by atoms with Crippen molar-refractivity contribution in [2.75, 3.05) is 13.1 Å². The Bertz CT molecular complexity index is 1190. The van der Waals surface area contributed by atoms with Crippen LogP contribution in [0.25, 0.3) is 11.0 Å². The van der Waals surface area contributed by atoms with Crippen molar-refractivity contribution in [3.8, 4) is 0 Å². The number of carbonyl (C=O) groups is 1. The first-order valence-electron chi connectivity index (χ1n) is 9.78. The first-order chi connectivity index (χ1) is 15.4. The van der Waals surface area contributed by atoms with E-state index in [1.54, 1.807) is 29.6 Å². The van der Waals surface area contributed by atoms with E-state index in [9.17, 15) is 18.0 Å². The van der Waals surface area contributed by atoms with E-state index >= 15 is 0 Å². The number of alkyl halides is 2. The number of hydrogen-bond donors (Lipinski definition) is 3. The predicted molar refractivity (Wildman–Crippen MR) is 114 cm³/mol. The Morgan fingerprint density at radius 1 is 1.16 bits per heavy atom. The molecule has 1 amide bonds. The summed E-state index contributed by atoms with van der Waals surface area (Å²) in [6, 6.07) is 9.58. The second-order valence-corrected chi connectivity index (χ2v) is 7.85. The molecule has 0 bridgehead atoms. The standard InChI is InChI=1S/C21H19F3N6OS/c22-14-4-3-8-26-17(14)10-27-18(31)19-28-13(11-32-19)7-9-25-12-21(23,24)20-29-15-5-1-2-6-16(15)30-20/h1-6,8,11,25H,7,9-10,12H2,(H,27,31)(H,29,30). The number of nitrogens with one attached hydrogen (secondary N) is 3. The number of imidazole rings is 1. The zero-order valence-corrected chi connectivity index (χ0v) is 17.6. The molecule has 11 heteroatoms. The Hall–Kier alpha value is -3.31. The summed E-state index contributed by atoms with van der Waals surface area (Å²) in [4.78, 5) is 26.9. The van der Waals surface area contributed by atoms with Gasteiger partial charge in [0, 0.05) is 24.5 Å². The van der Waals surface area contributed by atoms with E-state index in [1.807, 2.05) is 0 Å². The number of pyridine rings is 1. The van der Waals surface area contributed by atoms with Crippen molar-refractivity contribution in [3.63, 3.8) is 0 Å². The molecule has 4 rings (SSSR count). The largest absolute Gasteiger partial charge is 0.344 e. The van der Waals surface area contributed by atoms with Gasteiger partial charge in [-0.25, -0.2) is 14.4 Å². The molecule has 0 radical (unpaired) electrons. The molecule has 1 aromatic carbocycles. The van der Waals surface area contributed by atoms with E-state index in [-0.39, 0.29) is 29.6 Å². The summed E-state index contributed by atoms with van der Waals surface area (Å²) >= 11 is 1.13. The van der Waals surface area contributed by atoms with Gasteiger partial charge in [0.15, 0.2) is 10.8 Å². The molecule has 0 spiro atoms. The van der Waals surface area contributed by atoms with Crippen LogP contribution in [0.2, 0.25) is 0 Å². The maximum absolute atomic E-state index is 14.4. The Morgan fingerprint density at radius 2 is 2.00 bits per heavy atom. The number of halogens is 3. The van der Waals surface area contributed by atoms with Crippen LogP contribution in [0.3, 0.4) is 0 Å². The van der Waals surface area contributed by atoms with Crippen LogP contribution in [0.5, 0.6) is 0 Å². The Kier molecular flexibility index (Phi) is 6.47. The van der Waals surface area contributed by atoms with Gasteiger partial charge >= 0.3 is 5.92 Å². The van der Waals surface area contributed by atoms with Crippen LogP contribution in [0, 0.1) is 5.82 Å². The summed E-state index contributed by atoms with van der Waals surface area (Å²) in [5, 5.41) is 7.18. The molecule has 166 valence electrons. The van der Waals surface area contributed by atoms with E-state index < -0.39 is 24.2 Å². The number of rotatable bonds is 9. The van der Waals surface area contributed by atoms with Gasteiger partial charge in [0.25, 0.3) is 5.91 Å². The lowest BCUT2D eigenvalue weighted by Gasteiger charge is -2.14. The molecule has 3 aromatic heterocycles. The third-order valence-electron chi connectivity index (χ3n) is 4.64. The smallest absolute Gasteiger partial charge is 0.316 e. The number of amides is 1. The molecule has 0 fully saturated rings. The molecule has 0 atom stereocenters. The SMILES string of the molecule is O=C(NCc1ncccc1F)c1nc(CCNCC(F)(F)c2nc3ccccc3[nH]2)cs1. The Morgan fingerprint density at radius 3 is 2.81 bits per heavy atom. The fourth-order valence-electron chi connectivity index (χ4n) is 2.99. The van der Waals surface area contributed by atoms with E-state index in [2.05, 4.69) is 30.6 Å². The lowest BCUT2D eigenvalue weighted by Crippen LogP contribution is -2.33. The number of hydrogen-bond acceptors (Lipinski definition) is 6. The van der Waals surface area contributed by atoms with Crippen LogP contribution in [0.1, 0.15) is 27.0 Å². The van der Waals surface area contributed by atoms with Crippen molar-refractivity contribution in [2.45, 2.75) is 18.9 Å². The van der Waals surface area contributed by atoms with Crippen LogP contribution < -0.4 is 10.6 Å². The summed E-state index contributed by atoms with van der Waals surface area (Å²) in [6.07, 6.45) is 1.81. The molecule has 3 heterocycles. The number of carbonyl (C=O) groups excluding carboxylic acids is 1. The highest BCUT2D eigenvalue weighted by molar-refractivity contribution is 7.11. The Labute approximate surface area is 185 Å². The molecule has 4 aromatic rings. The average molecular weight is 460 g/mol. The molecule has 0 aliphatic carbocycles. The molecule has 0 saturated heterocycles. The number of aromatic amines is 1. The topological polar surface area (TPSA) is 95.6 Å². The van der Waals surface area contributed by atoms with Gasteiger partial charge in [-0.3, -0.25) is 9.78 Å². The van der Waals surface area contributed by atoms with Crippen LogP contribution >= 0.6 is 11.3 Å². The number of H-pyrrole nitrogens is 1. The summed E-state index contributed by atoms with van der Waals surface area (Å²) < 4.78 is 42.4. The van der Waals surface area contributed by atoms with Gasteiger partial charge in [0.2, 0.25) is 0 Å². The quantitative estimate of drug-likeness (QED) is 0.333. The highest BCUT2D eigenvalue weighted by Gasteiger charge is 2.34. The molecule has 0 saturated carbocycles. The van der Waals surface area contributed by atoms with Gasteiger partial charge < -0.3 is 15.6 Å². The number of fused-ring (bicyclic) bond motifs is 1. The van der Waals surface area contributed by atoms with Gasteiger partial charge in [-0.05, 0) is 24.3 Å². The predicted octanol–water partition coefficient (Wildman–Crippen LogP) is 3.41. The summed E-state index contributed by atoms with van der Waals surface area (Å²) in [5.41, 5.74) is 1.78. The van der Waals surface area contributed by atoms with Crippen molar-refractivity contribution in [1.29, 1.82) is 0 Å². The number of thiazole rings is 1. The number of nitrogens with zero attached hydrogens (tertiary/aromatic N) is 3. The molecule has 32 heavy (non-hydrogen) atoms. The first kappa shape index (κ1) is 21.9. The second-order valence-electron chi connectivity index (χ2n) is 6.99. The highest BCUT2D eigenvalue weighted by atomic mass is 32.1. The van der Waals surface area contributed by atoms with E-state index in [0.29, 0.717) is 23.1 Å². The van der Waals surface area contributed by atoms with E-state index in [1.165, 1.54) is 18.3 Å². The number of benzene rings is 1. The van der Waals surface area contributed by atoms with Gasteiger partial charge in [0.1, 0.15) is 5.82 Å². The summed E-state index contributed by atoms with van der Waals surface area (Å²) in [5.74, 6) is -4.50. The van der Waals surface area contributed by atoms with Gasteiger partial charge in [-0.1, -0.05) is 12.1 Å². The minimum absolute atomic E-state index is 0.0567. The van der Waals surface area contributed by atoms with Crippen LogP contribution in [0.4, 0.5) is 13.2 Å². The third kappa shape index (κ3) is 5.11. The van der Waals surface area contributed by atoms with Gasteiger partial charge in [0.05, 0.1) is 35.5 Å². The fourth-order valence-corrected chi connectivity index (χ4v) is 3.75. The van der Waals surface area contributed by atoms with Crippen LogP contribution in [-0.2, 0) is 18.9 Å². The molecule has 3 N–H and O–H groups in total. The lowest BCUT2D eigenvalue weighted by molar-refractivity contribution is -0.0109. The highest BCUT2D eigenvalue weighted by Crippen LogP contribution is 2.26. The first-order valence-corrected chi connectivity index (χ1v) is 10.7. The summed E-state index contributed by atoms with van der Waals surface area (Å²) in [7, 11) is 0.